The highest BCUT2D eigenvalue weighted by Crippen LogP contribution is 2.39. The zero-order valence-electron chi connectivity index (χ0n) is 11.4. The molecular formula is C13H21N3OS2. The molecule has 1 atom stereocenters. The fourth-order valence-electron chi connectivity index (χ4n) is 2.84. The lowest BCUT2D eigenvalue weighted by atomic mass is 9.76. The van der Waals surface area contributed by atoms with Crippen molar-refractivity contribution in [3.8, 4) is 0 Å². The molecule has 0 amide bonds. The molecule has 4 nitrogen and oxygen atoms in total. The number of hydrogen-bond donors (Lipinski definition) is 1. The Hall–Kier alpha value is -0.200. The number of nitrogens with zero attached hydrogens (tertiary/aromatic N) is 2. The Balaban J connectivity index is 1.79. The summed E-state index contributed by atoms with van der Waals surface area (Å²) in [6, 6.07) is 0. The fraction of sp³-hybridized carbons (Fsp3) is 0.846. The lowest BCUT2D eigenvalue weighted by Gasteiger charge is -2.33. The van der Waals surface area contributed by atoms with Crippen molar-refractivity contribution in [1.82, 2.24) is 15.5 Å². The second-order valence-corrected chi connectivity index (χ2v) is 7.74. The summed E-state index contributed by atoms with van der Waals surface area (Å²) in [5.41, 5.74) is 0.114. The van der Waals surface area contributed by atoms with E-state index in [9.17, 15) is 0 Å². The molecular weight excluding hydrogens is 278 g/mol. The molecule has 0 aliphatic carbocycles. The van der Waals surface area contributed by atoms with Crippen molar-refractivity contribution in [2.45, 2.75) is 36.9 Å². The molecule has 2 fully saturated rings. The average molecular weight is 299 g/mol. The van der Waals surface area contributed by atoms with Crippen LogP contribution in [0.4, 0.5) is 0 Å². The lowest BCUT2D eigenvalue weighted by molar-refractivity contribution is 0.216. The fourth-order valence-corrected chi connectivity index (χ4v) is 5.43. The van der Waals surface area contributed by atoms with E-state index in [2.05, 4.69) is 17.4 Å². The molecule has 0 aromatic carbocycles. The molecule has 1 aromatic rings. The third kappa shape index (κ3) is 2.81. The number of aromatic nitrogens is 2. The number of nitrogens with one attached hydrogen (secondary N) is 1. The van der Waals surface area contributed by atoms with Crippen molar-refractivity contribution >= 4 is 23.5 Å². The molecule has 6 heteroatoms. The largest absolute Gasteiger partial charge is 0.339 e. The maximum absolute atomic E-state index is 5.64. The molecule has 2 aliphatic rings. The summed E-state index contributed by atoms with van der Waals surface area (Å²) in [6.45, 7) is 4.35. The minimum Gasteiger partial charge on any atom is -0.339 e. The van der Waals surface area contributed by atoms with Gasteiger partial charge in [-0.1, -0.05) is 12.1 Å². The quantitative estimate of drug-likeness (QED) is 0.926. The summed E-state index contributed by atoms with van der Waals surface area (Å²) in [5, 5.41) is 8.11. The minimum absolute atomic E-state index is 0.114. The van der Waals surface area contributed by atoms with Gasteiger partial charge in [0.15, 0.2) is 5.82 Å². The summed E-state index contributed by atoms with van der Waals surface area (Å²) in [7, 11) is 0. The van der Waals surface area contributed by atoms with Crippen LogP contribution in [0.15, 0.2) is 4.52 Å². The second kappa shape index (κ2) is 6.06. The predicted octanol–water partition coefficient (Wildman–Crippen LogP) is 2.62. The molecule has 1 aromatic heterocycles. The Morgan fingerprint density at radius 2 is 2.21 bits per heavy atom. The normalized spacial score (nSPS) is 27.3. The smallest absolute Gasteiger partial charge is 0.232 e. The van der Waals surface area contributed by atoms with Gasteiger partial charge in [-0.3, -0.25) is 0 Å². The van der Waals surface area contributed by atoms with E-state index in [-0.39, 0.29) is 5.41 Å². The van der Waals surface area contributed by atoms with Crippen molar-refractivity contribution in [2.24, 2.45) is 0 Å². The zero-order chi connectivity index (χ0) is 13.1. The Kier molecular flexibility index (Phi) is 4.39. The van der Waals surface area contributed by atoms with E-state index in [1.165, 1.54) is 11.5 Å². The number of thioether (sulfide) groups is 2. The average Bonchev–Trinajstić information content (AvgIpc) is 2.99. The SMILES string of the molecule is CCC1(c2nc(C3CSCCS3)no2)CCNCC1. The number of rotatable bonds is 3. The Morgan fingerprint density at radius 1 is 1.37 bits per heavy atom. The molecule has 2 saturated heterocycles. The first-order valence-corrected chi connectivity index (χ1v) is 9.28. The van der Waals surface area contributed by atoms with E-state index in [0.717, 1.165) is 49.8 Å². The van der Waals surface area contributed by atoms with Crippen LogP contribution in [-0.2, 0) is 5.41 Å². The number of piperidine rings is 1. The van der Waals surface area contributed by atoms with Gasteiger partial charge in [-0.2, -0.15) is 16.7 Å². The molecule has 2 aliphatic heterocycles. The summed E-state index contributed by atoms with van der Waals surface area (Å²) in [5.74, 6) is 5.35. The van der Waals surface area contributed by atoms with Crippen LogP contribution in [0.5, 0.6) is 0 Å². The van der Waals surface area contributed by atoms with E-state index < -0.39 is 0 Å². The van der Waals surface area contributed by atoms with Crippen LogP contribution < -0.4 is 5.32 Å². The molecule has 0 radical (unpaired) electrons. The summed E-state index contributed by atoms with van der Waals surface area (Å²) >= 11 is 3.96. The highest BCUT2D eigenvalue weighted by atomic mass is 32.2. The van der Waals surface area contributed by atoms with Crippen LogP contribution in [0.1, 0.15) is 43.2 Å². The van der Waals surface area contributed by atoms with E-state index in [1.54, 1.807) is 0 Å². The van der Waals surface area contributed by atoms with Crippen LogP contribution in [0.2, 0.25) is 0 Å². The topological polar surface area (TPSA) is 51.0 Å². The Bertz CT molecular complexity index is 412. The first-order valence-electron chi connectivity index (χ1n) is 7.08. The van der Waals surface area contributed by atoms with Gasteiger partial charge < -0.3 is 9.84 Å². The lowest BCUT2D eigenvalue weighted by Crippen LogP contribution is -2.39. The summed E-state index contributed by atoms with van der Waals surface area (Å²) in [4.78, 5) is 4.76. The van der Waals surface area contributed by atoms with Gasteiger partial charge in [0.1, 0.15) is 0 Å². The zero-order valence-corrected chi connectivity index (χ0v) is 13.0. The summed E-state index contributed by atoms with van der Waals surface area (Å²) in [6.07, 6.45) is 3.30. The molecule has 0 saturated carbocycles. The predicted molar refractivity (Wildman–Crippen MR) is 80.9 cm³/mol. The van der Waals surface area contributed by atoms with Crippen molar-refractivity contribution in [3.05, 3.63) is 11.7 Å². The van der Waals surface area contributed by atoms with Gasteiger partial charge in [0.25, 0.3) is 0 Å². The van der Waals surface area contributed by atoms with E-state index in [1.807, 2.05) is 23.5 Å². The van der Waals surface area contributed by atoms with Crippen LogP contribution in [0, 0.1) is 0 Å². The molecule has 1 unspecified atom stereocenters. The third-order valence-corrected chi connectivity index (χ3v) is 6.99. The molecule has 3 heterocycles. The van der Waals surface area contributed by atoms with Gasteiger partial charge in [-0.15, -0.1) is 11.8 Å². The van der Waals surface area contributed by atoms with Crippen LogP contribution in [-0.4, -0.2) is 40.5 Å². The molecule has 1 N–H and O–H groups in total. The highest BCUT2D eigenvalue weighted by Gasteiger charge is 2.38. The molecule has 0 spiro atoms. The molecule has 3 rings (SSSR count). The van der Waals surface area contributed by atoms with Gasteiger partial charge in [-0.05, 0) is 32.4 Å². The monoisotopic (exact) mass is 299 g/mol. The Morgan fingerprint density at radius 3 is 2.89 bits per heavy atom. The molecule has 106 valence electrons. The Labute approximate surface area is 122 Å². The van der Waals surface area contributed by atoms with Gasteiger partial charge in [0.2, 0.25) is 5.89 Å². The van der Waals surface area contributed by atoms with E-state index in [0.29, 0.717) is 5.25 Å². The van der Waals surface area contributed by atoms with Crippen molar-refractivity contribution in [3.63, 3.8) is 0 Å². The van der Waals surface area contributed by atoms with Crippen LogP contribution in [0.3, 0.4) is 0 Å². The maximum atomic E-state index is 5.64. The second-order valence-electron chi connectivity index (χ2n) is 5.28. The third-order valence-electron chi connectivity index (χ3n) is 4.24. The first-order chi connectivity index (χ1) is 9.34. The minimum atomic E-state index is 0.114. The van der Waals surface area contributed by atoms with Crippen LogP contribution in [0.25, 0.3) is 0 Å². The van der Waals surface area contributed by atoms with Gasteiger partial charge in [-0.25, -0.2) is 0 Å². The van der Waals surface area contributed by atoms with E-state index >= 15 is 0 Å². The standard InChI is InChI=1S/C13H21N3OS2/c1-2-13(3-5-14-6-4-13)12-15-11(16-17-12)10-9-18-7-8-19-10/h10,14H,2-9H2,1H3. The maximum Gasteiger partial charge on any atom is 0.232 e. The van der Waals surface area contributed by atoms with Gasteiger partial charge in [0.05, 0.1) is 10.7 Å². The van der Waals surface area contributed by atoms with Crippen LogP contribution >= 0.6 is 23.5 Å². The van der Waals surface area contributed by atoms with Crippen molar-refractivity contribution in [2.75, 3.05) is 30.3 Å². The van der Waals surface area contributed by atoms with Crippen molar-refractivity contribution < 1.29 is 4.52 Å². The summed E-state index contributed by atoms with van der Waals surface area (Å²) < 4.78 is 5.64. The molecule has 0 bridgehead atoms. The highest BCUT2D eigenvalue weighted by molar-refractivity contribution is 8.06. The van der Waals surface area contributed by atoms with Gasteiger partial charge in [0, 0.05) is 17.3 Å². The molecule has 19 heavy (non-hydrogen) atoms. The van der Waals surface area contributed by atoms with Gasteiger partial charge >= 0.3 is 0 Å². The van der Waals surface area contributed by atoms with E-state index in [4.69, 9.17) is 9.51 Å². The number of hydrogen-bond acceptors (Lipinski definition) is 6. The first kappa shape index (κ1) is 13.8. The van der Waals surface area contributed by atoms with Crippen molar-refractivity contribution in [1.29, 1.82) is 0 Å².